The Hall–Kier alpha value is -2.41. The molecule has 7 nitrogen and oxygen atoms in total. The third-order valence-corrected chi connectivity index (χ3v) is 5.48. The Balaban J connectivity index is 1.33. The molecule has 1 saturated carbocycles. The molecule has 0 unspecified atom stereocenters. The lowest BCUT2D eigenvalue weighted by Crippen LogP contribution is -2.40. The first-order valence-corrected chi connectivity index (χ1v) is 9.71. The summed E-state index contributed by atoms with van der Waals surface area (Å²) < 4.78 is 10.8. The Labute approximate surface area is 159 Å². The molecule has 2 fully saturated rings. The van der Waals surface area contributed by atoms with Crippen LogP contribution in [0.2, 0.25) is 0 Å². The molecule has 144 valence electrons. The van der Waals surface area contributed by atoms with E-state index in [4.69, 9.17) is 9.26 Å². The summed E-state index contributed by atoms with van der Waals surface area (Å²) in [5, 5.41) is 7.27. The molecule has 27 heavy (non-hydrogen) atoms. The summed E-state index contributed by atoms with van der Waals surface area (Å²) >= 11 is 0. The number of hydrogen-bond acceptors (Lipinski definition) is 6. The monoisotopic (exact) mass is 370 g/mol. The SMILES string of the molecule is COc1cccc(-c2noc([C@H]3CCN(CC(=O)NC4CCCC4)C3)n2)c1. The summed E-state index contributed by atoms with van der Waals surface area (Å²) in [6, 6.07) is 7.99. The first-order chi connectivity index (χ1) is 13.2. The van der Waals surface area contributed by atoms with Gasteiger partial charge in [-0.05, 0) is 37.9 Å². The van der Waals surface area contributed by atoms with Gasteiger partial charge in [-0.15, -0.1) is 0 Å². The zero-order valence-electron chi connectivity index (χ0n) is 15.7. The maximum Gasteiger partial charge on any atom is 0.234 e. The van der Waals surface area contributed by atoms with Crippen LogP contribution in [0.1, 0.15) is 43.9 Å². The van der Waals surface area contributed by atoms with Crippen molar-refractivity contribution in [1.29, 1.82) is 0 Å². The lowest BCUT2D eigenvalue weighted by Gasteiger charge is -2.17. The van der Waals surface area contributed by atoms with Gasteiger partial charge in [0.1, 0.15) is 5.75 Å². The van der Waals surface area contributed by atoms with Crippen molar-refractivity contribution in [2.75, 3.05) is 26.7 Å². The largest absolute Gasteiger partial charge is 0.497 e. The topological polar surface area (TPSA) is 80.5 Å². The van der Waals surface area contributed by atoms with Gasteiger partial charge in [-0.25, -0.2) is 0 Å². The minimum atomic E-state index is 0.130. The molecular weight excluding hydrogens is 344 g/mol. The molecule has 0 radical (unpaired) electrons. The van der Waals surface area contributed by atoms with Crippen molar-refractivity contribution in [3.63, 3.8) is 0 Å². The molecule has 1 saturated heterocycles. The van der Waals surface area contributed by atoms with Gasteiger partial charge in [0.25, 0.3) is 0 Å². The van der Waals surface area contributed by atoms with Crippen LogP contribution in [0.3, 0.4) is 0 Å². The summed E-state index contributed by atoms with van der Waals surface area (Å²) in [4.78, 5) is 19.0. The lowest BCUT2D eigenvalue weighted by molar-refractivity contribution is -0.122. The second-order valence-electron chi connectivity index (χ2n) is 7.46. The summed E-state index contributed by atoms with van der Waals surface area (Å²) in [6.45, 7) is 2.10. The zero-order chi connectivity index (χ0) is 18.6. The minimum absolute atomic E-state index is 0.130. The van der Waals surface area contributed by atoms with Gasteiger partial charge in [-0.2, -0.15) is 4.98 Å². The van der Waals surface area contributed by atoms with Gasteiger partial charge in [-0.3, -0.25) is 9.69 Å². The highest BCUT2D eigenvalue weighted by Crippen LogP contribution is 2.28. The predicted molar refractivity (Wildman–Crippen MR) is 100 cm³/mol. The van der Waals surface area contributed by atoms with Gasteiger partial charge < -0.3 is 14.6 Å². The van der Waals surface area contributed by atoms with Crippen molar-refractivity contribution in [1.82, 2.24) is 20.4 Å². The number of benzene rings is 1. The fourth-order valence-electron chi connectivity index (χ4n) is 4.00. The third-order valence-electron chi connectivity index (χ3n) is 5.48. The van der Waals surface area contributed by atoms with Gasteiger partial charge in [0.05, 0.1) is 19.6 Å². The number of nitrogens with zero attached hydrogens (tertiary/aromatic N) is 3. The quantitative estimate of drug-likeness (QED) is 0.842. The maximum absolute atomic E-state index is 12.2. The van der Waals surface area contributed by atoms with Crippen LogP contribution in [0, 0.1) is 0 Å². The van der Waals surface area contributed by atoms with Crippen LogP contribution in [0.15, 0.2) is 28.8 Å². The first kappa shape index (κ1) is 18.0. The molecule has 2 aromatic rings. The van der Waals surface area contributed by atoms with E-state index in [1.165, 1.54) is 12.8 Å². The summed E-state index contributed by atoms with van der Waals surface area (Å²) in [5.74, 6) is 2.29. The Morgan fingerprint density at radius 1 is 1.33 bits per heavy atom. The molecule has 1 N–H and O–H groups in total. The number of methoxy groups -OCH3 is 1. The molecule has 0 bridgehead atoms. The Morgan fingerprint density at radius 2 is 2.19 bits per heavy atom. The Kier molecular flexibility index (Phi) is 5.38. The molecule has 1 atom stereocenters. The van der Waals surface area contributed by atoms with Crippen LogP contribution in [-0.2, 0) is 4.79 Å². The fourth-order valence-corrected chi connectivity index (χ4v) is 4.00. The second-order valence-corrected chi connectivity index (χ2v) is 7.46. The standard InChI is InChI=1S/C20H26N4O3/c1-26-17-8-4-5-14(11-17)19-22-20(27-23-19)15-9-10-24(12-15)13-18(25)21-16-6-2-3-7-16/h4-5,8,11,15-16H,2-3,6-7,9-10,12-13H2,1H3,(H,21,25)/t15-/m0/s1. The molecule has 1 aromatic carbocycles. The normalized spacial score (nSPS) is 20.9. The Morgan fingerprint density at radius 3 is 3.00 bits per heavy atom. The molecule has 7 heteroatoms. The average Bonchev–Trinajstić information content (AvgIpc) is 3.43. The number of amides is 1. The second kappa shape index (κ2) is 8.08. The number of likely N-dealkylation sites (tertiary alicyclic amines) is 1. The van der Waals surface area contributed by atoms with Crippen molar-refractivity contribution < 1.29 is 14.1 Å². The average molecular weight is 370 g/mol. The molecule has 0 spiro atoms. The van der Waals surface area contributed by atoms with Crippen LogP contribution in [0.4, 0.5) is 0 Å². The maximum atomic E-state index is 12.2. The number of rotatable bonds is 6. The molecule has 1 aromatic heterocycles. The van der Waals surface area contributed by atoms with E-state index in [0.29, 0.717) is 24.3 Å². The fraction of sp³-hybridized carbons (Fsp3) is 0.550. The van der Waals surface area contributed by atoms with Crippen molar-refractivity contribution >= 4 is 5.91 Å². The van der Waals surface area contributed by atoms with Gasteiger partial charge >= 0.3 is 0 Å². The molecule has 4 rings (SSSR count). The van der Waals surface area contributed by atoms with E-state index < -0.39 is 0 Å². The van der Waals surface area contributed by atoms with E-state index in [1.54, 1.807) is 7.11 Å². The van der Waals surface area contributed by atoms with Crippen LogP contribution in [0.5, 0.6) is 5.75 Å². The van der Waals surface area contributed by atoms with Crippen molar-refractivity contribution in [3.8, 4) is 17.1 Å². The van der Waals surface area contributed by atoms with Gasteiger partial charge in [0.15, 0.2) is 0 Å². The van der Waals surface area contributed by atoms with E-state index in [9.17, 15) is 4.79 Å². The Bertz CT molecular complexity index is 785. The highest BCUT2D eigenvalue weighted by Gasteiger charge is 2.30. The van der Waals surface area contributed by atoms with E-state index in [2.05, 4.69) is 20.4 Å². The number of aromatic nitrogens is 2. The lowest BCUT2D eigenvalue weighted by atomic mass is 10.1. The van der Waals surface area contributed by atoms with Crippen molar-refractivity contribution in [2.24, 2.45) is 0 Å². The zero-order valence-corrected chi connectivity index (χ0v) is 15.7. The predicted octanol–water partition coefficient (Wildman–Crippen LogP) is 2.59. The minimum Gasteiger partial charge on any atom is -0.497 e. The number of ether oxygens (including phenoxy) is 1. The van der Waals surface area contributed by atoms with Crippen molar-refractivity contribution in [3.05, 3.63) is 30.2 Å². The van der Waals surface area contributed by atoms with E-state index in [-0.39, 0.29) is 11.8 Å². The summed E-state index contributed by atoms with van der Waals surface area (Å²) in [7, 11) is 1.64. The van der Waals surface area contributed by atoms with Crippen LogP contribution in [-0.4, -0.2) is 53.7 Å². The van der Waals surface area contributed by atoms with Gasteiger partial charge in [-0.1, -0.05) is 30.1 Å². The molecule has 2 aliphatic rings. The van der Waals surface area contributed by atoms with Gasteiger partial charge in [0.2, 0.25) is 17.6 Å². The molecule has 1 amide bonds. The van der Waals surface area contributed by atoms with Crippen molar-refractivity contribution in [2.45, 2.75) is 44.1 Å². The van der Waals surface area contributed by atoms with Crippen LogP contribution < -0.4 is 10.1 Å². The third kappa shape index (κ3) is 4.30. The number of carbonyl (C=O) groups is 1. The summed E-state index contributed by atoms with van der Waals surface area (Å²) in [6.07, 6.45) is 5.61. The van der Waals surface area contributed by atoms with E-state index >= 15 is 0 Å². The summed E-state index contributed by atoms with van der Waals surface area (Å²) in [5.41, 5.74) is 0.871. The molecule has 1 aliphatic carbocycles. The van der Waals surface area contributed by atoms with Crippen LogP contribution >= 0.6 is 0 Å². The van der Waals surface area contributed by atoms with Gasteiger partial charge in [0, 0.05) is 18.2 Å². The number of carbonyl (C=O) groups excluding carboxylic acids is 1. The molecular formula is C20H26N4O3. The smallest absolute Gasteiger partial charge is 0.234 e. The number of hydrogen-bond donors (Lipinski definition) is 1. The van der Waals surface area contributed by atoms with Crippen LogP contribution in [0.25, 0.3) is 11.4 Å². The molecule has 1 aliphatic heterocycles. The first-order valence-electron chi connectivity index (χ1n) is 9.71. The highest BCUT2D eigenvalue weighted by atomic mass is 16.5. The van der Waals surface area contributed by atoms with E-state index in [0.717, 1.165) is 43.7 Å². The molecule has 2 heterocycles. The highest BCUT2D eigenvalue weighted by molar-refractivity contribution is 5.78. The number of nitrogens with one attached hydrogen (secondary N) is 1. The van der Waals surface area contributed by atoms with E-state index in [1.807, 2.05) is 24.3 Å².